The number of pyridine rings is 1. The molecule has 0 aliphatic carbocycles. The first kappa shape index (κ1) is 14.1. The number of methoxy groups -OCH3 is 2. The number of hydrogen-bond donors (Lipinski definition) is 1. The first-order valence-corrected chi connectivity index (χ1v) is 6.07. The third kappa shape index (κ3) is 2.67. The van der Waals surface area contributed by atoms with Crippen molar-refractivity contribution in [1.29, 1.82) is 0 Å². The first-order chi connectivity index (χ1) is 9.56. The summed E-state index contributed by atoms with van der Waals surface area (Å²) in [7, 11) is 3.08. The molecule has 0 unspecified atom stereocenters. The van der Waals surface area contributed by atoms with E-state index in [4.69, 9.17) is 26.2 Å². The lowest BCUT2D eigenvalue weighted by molar-refractivity contribution is -0.131. The Bertz CT molecular complexity index is 697. The third-order valence-corrected chi connectivity index (χ3v) is 3.04. The van der Waals surface area contributed by atoms with Gasteiger partial charge in [-0.1, -0.05) is 11.6 Å². The van der Waals surface area contributed by atoms with Crippen LogP contribution in [0.5, 0.6) is 11.5 Å². The van der Waals surface area contributed by atoms with Crippen LogP contribution in [0.4, 0.5) is 0 Å². The Kier molecular flexibility index (Phi) is 4.10. The molecule has 0 aliphatic rings. The van der Waals surface area contributed by atoms with Gasteiger partial charge in [-0.15, -0.1) is 0 Å². The van der Waals surface area contributed by atoms with Gasteiger partial charge in [0.15, 0.2) is 0 Å². The SMILES string of the molecule is COc1ccc(OC)c2nc(Cl)c(C=CC(=O)O)cc12. The molecule has 1 aromatic carbocycles. The molecule has 0 amide bonds. The summed E-state index contributed by atoms with van der Waals surface area (Å²) in [6, 6.07) is 5.20. The zero-order valence-electron chi connectivity index (χ0n) is 10.9. The van der Waals surface area contributed by atoms with Crippen LogP contribution in [-0.2, 0) is 4.79 Å². The molecule has 20 heavy (non-hydrogen) atoms. The maximum Gasteiger partial charge on any atom is 0.328 e. The summed E-state index contributed by atoms with van der Waals surface area (Å²) in [6.45, 7) is 0. The minimum absolute atomic E-state index is 0.196. The second-order valence-corrected chi connectivity index (χ2v) is 4.26. The van der Waals surface area contributed by atoms with Gasteiger partial charge in [0.05, 0.1) is 14.2 Å². The number of rotatable bonds is 4. The fourth-order valence-electron chi connectivity index (χ4n) is 1.82. The Morgan fingerprint density at radius 3 is 2.55 bits per heavy atom. The molecule has 0 aliphatic heterocycles. The Balaban J connectivity index is 2.70. The maximum absolute atomic E-state index is 10.6. The van der Waals surface area contributed by atoms with Crippen LogP contribution in [0.2, 0.25) is 5.15 Å². The highest BCUT2D eigenvalue weighted by atomic mass is 35.5. The molecule has 0 radical (unpaired) electrons. The molecular formula is C14H12ClNO4. The Morgan fingerprint density at radius 2 is 1.95 bits per heavy atom. The molecule has 0 saturated heterocycles. The lowest BCUT2D eigenvalue weighted by Crippen LogP contribution is -1.94. The van der Waals surface area contributed by atoms with Gasteiger partial charge >= 0.3 is 5.97 Å². The van der Waals surface area contributed by atoms with Crippen molar-refractivity contribution in [2.75, 3.05) is 14.2 Å². The zero-order valence-corrected chi connectivity index (χ0v) is 11.6. The predicted molar refractivity (Wildman–Crippen MR) is 76.5 cm³/mol. The number of aromatic nitrogens is 1. The van der Waals surface area contributed by atoms with Crippen LogP contribution in [0, 0.1) is 0 Å². The molecule has 104 valence electrons. The Morgan fingerprint density at radius 1 is 1.30 bits per heavy atom. The summed E-state index contributed by atoms with van der Waals surface area (Å²) in [4.78, 5) is 14.8. The van der Waals surface area contributed by atoms with E-state index in [0.29, 0.717) is 28.0 Å². The average Bonchev–Trinajstić information content (AvgIpc) is 2.43. The first-order valence-electron chi connectivity index (χ1n) is 5.69. The molecule has 0 saturated carbocycles. The van der Waals surface area contributed by atoms with Crippen molar-refractivity contribution >= 4 is 34.5 Å². The second kappa shape index (κ2) is 5.79. The standard InChI is InChI=1S/C14H12ClNO4/c1-19-10-4-5-11(20-2)13-9(10)7-8(14(15)16-13)3-6-12(17)18/h3-7H,1-2H3,(H,17,18). The number of carboxylic acids is 1. The molecule has 1 aromatic heterocycles. The predicted octanol–water partition coefficient (Wildman–Crippen LogP) is 3.00. The topological polar surface area (TPSA) is 68.7 Å². The van der Waals surface area contributed by atoms with Crippen LogP contribution in [0.1, 0.15) is 5.56 Å². The Hall–Kier alpha value is -2.27. The minimum atomic E-state index is -1.06. The zero-order chi connectivity index (χ0) is 14.7. The van der Waals surface area contributed by atoms with Crippen LogP contribution >= 0.6 is 11.6 Å². The summed E-state index contributed by atoms with van der Waals surface area (Å²) in [5.74, 6) is 0.116. The van der Waals surface area contributed by atoms with E-state index < -0.39 is 5.97 Å². The van der Waals surface area contributed by atoms with Gasteiger partial charge in [-0.2, -0.15) is 0 Å². The average molecular weight is 294 g/mol. The molecule has 2 rings (SSSR count). The summed E-state index contributed by atoms with van der Waals surface area (Å²) in [6.07, 6.45) is 2.39. The molecule has 1 heterocycles. The van der Waals surface area contributed by atoms with E-state index in [-0.39, 0.29) is 5.15 Å². The van der Waals surface area contributed by atoms with Gasteiger partial charge in [0.2, 0.25) is 0 Å². The highest BCUT2D eigenvalue weighted by molar-refractivity contribution is 6.31. The van der Waals surface area contributed by atoms with Crippen LogP contribution < -0.4 is 9.47 Å². The van der Waals surface area contributed by atoms with Crippen molar-refractivity contribution in [1.82, 2.24) is 4.98 Å². The van der Waals surface area contributed by atoms with Gasteiger partial charge in [-0.25, -0.2) is 9.78 Å². The van der Waals surface area contributed by atoms with Gasteiger partial charge in [0, 0.05) is 17.0 Å². The van der Waals surface area contributed by atoms with E-state index in [9.17, 15) is 4.79 Å². The van der Waals surface area contributed by atoms with E-state index in [1.807, 2.05) is 0 Å². The number of halogens is 1. The van der Waals surface area contributed by atoms with Crippen LogP contribution in [0.25, 0.3) is 17.0 Å². The lowest BCUT2D eigenvalue weighted by atomic mass is 10.1. The van der Waals surface area contributed by atoms with Crippen molar-refractivity contribution in [2.45, 2.75) is 0 Å². The highest BCUT2D eigenvalue weighted by Crippen LogP contribution is 2.34. The molecule has 5 nitrogen and oxygen atoms in total. The van der Waals surface area contributed by atoms with Gasteiger partial charge in [-0.3, -0.25) is 0 Å². The lowest BCUT2D eigenvalue weighted by Gasteiger charge is -2.10. The summed E-state index contributed by atoms with van der Waals surface area (Å²) < 4.78 is 10.5. The molecule has 0 bridgehead atoms. The highest BCUT2D eigenvalue weighted by Gasteiger charge is 2.12. The largest absolute Gasteiger partial charge is 0.496 e. The molecule has 0 spiro atoms. The van der Waals surface area contributed by atoms with Crippen LogP contribution in [0.15, 0.2) is 24.3 Å². The minimum Gasteiger partial charge on any atom is -0.496 e. The van der Waals surface area contributed by atoms with Crippen molar-refractivity contribution in [3.05, 3.63) is 35.0 Å². The third-order valence-electron chi connectivity index (χ3n) is 2.73. The Labute approximate surface area is 120 Å². The normalized spacial score (nSPS) is 10.9. The number of carboxylic acid groups (broad SMARTS) is 1. The van der Waals surface area contributed by atoms with Crippen molar-refractivity contribution in [3.63, 3.8) is 0 Å². The molecule has 1 N–H and O–H groups in total. The van der Waals surface area contributed by atoms with Gasteiger partial charge in [0.25, 0.3) is 0 Å². The van der Waals surface area contributed by atoms with E-state index in [2.05, 4.69) is 4.98 Å². The molecule has 0 atom stereocenters. The van der Waals surface area contributed by atoms with E-state index >= 15 is 0 Å². The quantitative estimate of drug-likeness (QED) is 0.693. The molecule has 2 aromatic rings. The maximum atomic E-state index is 10.6. The van der Waals surface area contributed by atoms with E-state index in [1.54, 1.807) is 25.3 Å². The van der Waals surface area contributed by atoms with Gasteiger partial charge in [-0.05, 0) is 24.3 Å². The number of hydrogen-bond acceptors (Lipinski definition) is 4. The number of aliphatic carboxylic acids is 1. The van der Waals surface area contributed by atoms with Crippen molar-refractivity contribution < 1.29 is 19.4 Å². The van der Waals surface area contributed by atoms with Crippen LogP contribution in [-0.4, -0.2) is 30.3 Å². The summed E-state index contributed by atoms with van der Waals surface area (Å²) in [5, 5.41) is 9.56. The summed E-state index contributed by atoms with van der Waals surface area (Å²) >= 11 is 6.06. The fraction of sp³-hybridized carbons (Fsp3) is 0.143. The molecular weight excluding hydrogens is 282 g/mol. The fourth-order valence-corrected chi connectivity index (χ4v) is 2.02. The number of nitrogens with zero attached hydrogens (tertiary/aromatic N) is 1. The summed E-state index contributed by atoms with van der Waals surface area (Å²) in [5.41, 5.74) is 1.05. The van der Waals surface area contributed by atoms with E-state index in [0.717, 1.165) is 6.08 Å². The monoisotopic (exact) mass is 293 g/mol. The van der Waals surface area contributed by atoms with Gasteiger partial charge in [0.1, 0.15) is 22.2 Å². The number of ether oxygens (including phenoxy) is 2. The molecule has 6 heteroatoms. The number of benzene rings is 1. The van der Waals surface area contributed by atoms with E-state index in [1.165, 1.54) is 13.2 Å². The number of carbonyl (C=O) groups is 1. The number of fused-ring (bicyclic) bond motifs is 1. The second-order valence-electron chi connectivity index (χ2n) is 3.91. The van der Waals surface area contributed by atoms with Crippen LogP contribution in [0.3, 0.4) is 0 Å². The van der Waals surface area contributed by atoms with Gasteiger partial charge < -0.3 is 14.6 Å². The van der Waals surface area contributed by atoms with Crippen molar-refractivity contribution in [3.8, 4) is 11.5 Å². The van der Waals surface area contributed by atoms with Crippen molar-refractivity contribution in [2.24, 2.45) is 0 Å². The smallest absolute Gasteiger partial charge is 0.328 e. The molecule has 0 fully saturated rings.